The van der Waals surface area contributed by atoms with Crippen molar-refractivity contribution in [1.29, 1.82) is 0 Å². The highest BCUT2D eigenvalue weighted by Gasteiger charge is 2.27. The van der Waals surface area contributed by atoms with Crippen LogP contribution in [0.4, 0.5) is 39.8 Å². The fraction of sp³-hybridized carbons (Fsp3) is 0.302. The van der Waals surface area contributed by atoms with E-state index in [2.05, 4.69) is 237 Å². The summed E-state index contributed by atoms with van der Waals surface area (Å²) in [5.74, 6) is 0. The largest absolute Gasteiger partial charge is 0.320 e. The summed E-state index contributed by atoms with van der Waals surface area (Å²) < 4.78 is 0. The average molecular weight is 738 g/mol. The summed E-state index contributed by atoms with van der Waals surface area (Å²) >= 11 is 0. The summed E-state index contributed by atoms with van der Waals surface area (Å²) in [5.41, 5.74) is 13.8. The van der Waals surface area contributed by atoms with Crippen molar-refractivity contribution in [1.82, 2.24) is 0 Å². The molecule has 0 saturated carbocycles. The Morgan fingerprint density at radius 2 is 0.786 bits per heavy atom. The summed E-state index contributed by atoms with van der Waals surface area (Å²) in [6.45, 7) is 35.4. The zero-order valence-corrected chi connectivity index (χ0v) is 35.6. The Bertz CT molecular complexity index is 2260. The SMILES string of the molecule is [C-]#[N+]c1cc(C(C)(C)c2ccccc2)ccc1N(c1ccc(C(C)(C)C)cc1)c1cc(C)cc(N(c2ccc(C(C)(C)C)cc2)c2ccc(C(C)(C)C)cc2)c1. The van der Waals surface area contributed by atoms with Gasteiger partial charge in [-0.15, -0.1) is 0 Å². The van der Waals surface area contributed by atoms with Gasteiger partial charge in [0.15, 0.2) is 0 Å². The minimum atomic E-state index is -0.277. The molecular formula is C53H59N3. The number of nitrogens with zero attached hydrogens (tertiary/aromatic N) is 3. The molecule has 0 fully saturated rings. The molecular weight excluding hydrogens is 679 g/mol. The zero-order valence-electron chi connectivity index (χ0n) is 35.6. The first-order chi connectivity index (χ1) is 26.3. The maximum absolute atomic E-state index is 8.51. The van der Waals surface area contributed by atoms with Crippen molar-refractivity contribution < 1.29 is 0 Å². The van der Waals surface area contributed by atoms with Crippen LogP contribution in [0.25, 0.3) is 4.85 Å². The molecule has 0 aliphatic carbocycles. The lowest BCUT2D eigenvalue weighted by atomic mass is 9.78. The quantitative estimate of drug-likeness (QED) is 0.144. The molecule has 3 heteroatoms. The van der Waals surface area contributed by atoms with E-state index in [4.69, 9.17) is 6.57 Å². The third kappa shape index (κ3) is 8.46. The predicted molar refractivity (Wildman–Crippen MR) is 241 cm³/mol. The fourth-order valence-electron chi connectivity index (χ4n) is 7.42. The van der Waals surface area contributed by atoms with Crippen molar-refractivity contribution >= 4 is 39.8 Å². The highest BCUT2D eigenvalue weighted by Crippen LogP contribution is 2.46. The number of benzene rings is 6. The van der Waals surface area contributed by atoms with Crippen LogP contribution in [0.15, 0.2) is 140 Å². The second-order valence-corrected chi connectivity index (χ2v) is 18.9. The van der Waals surface area contributed by atoms with Crippen molar-refractivity contribution in [2.24, 2.45) is 0 Å². The van der Waals surface area contributed by atoms with E-state index >= 15 is 0 Å². The first-order valence-electron chi connectivity index (χ1n) is 19.9. The third-order valence-corrected chi connectivity index (χ3v) is 11.1. The van der Waals surface area contributed by atoms with E-state index in [1.165, 1.54) is 22.3 Å². The van der Waals surface area contributed by atoms with Crippen LogP contribution < -0.4 is 9.80 Å². The first-order valence-corrected chi connectivity index (χ1v) is 19.9. The molecule has 0 amide bonds. The fourth-order valence-corrected chi connectivity index (χ4v) is 7.42. The Balaban J connectivity index is 1.56. The number of rotatable bonds is 8. The van der Waals surface area contributed by atoms with Crippen LogP contribution in [0.5, 0.6) is 0 Å². The molecule has 286 valence electrons. The Morgan fingerprint density at radius 1 is 0.393 bits per heavy atom. The van der Waals surface area contributed by atoms with E-state index in [0.29, 0.717) is 5.69 Å². The summed E-state index contributed by atoms with van der Waals surface area (Å²) in [7, 11) is 0. The van der Waals surface area contributed by atoms with Gasteiger partial charge in [0, 0.05) is 33.9 Å². The highest BCUT2D eigenvalue weighted by molar-refractivity contribution is 5.88. The van der Waals surface area contributed by atoms with Crippen LogP contribution in [-0.4, -0.2) is 0 Å². The van der Waals surface area contributed by atoms with Gasteiger partial charge in [0.2, 0.25) is 5.69 Å². The van der Waals surface area contributed by atoms with Gasteiger partial charge >= 0.3 is 0 Å². The van der Waals surface area contributed by atoms with Crippen molar-refractivity contribution in [3.05, 3.63) is 184 Å². The van der Waals surface area contributed by atoms with Crippen LogP contribution in [0, 0.1) is 13.5 Å². The van der Waals surface area contributed by atoms with Crippen molar-refractivity contribution in [2.75, 3.05) is 9.80 Å². The lowest BCUT2D eigenvalue weighted by molar-refractivity contribution is 0.590. The Morgan fingerprint density at radius 3 is 1.20 bits per heavy atom. The maximum atomic E-state index is 8.51. The second kappa shape index (κ2) is 15.2. The van der Waals surface area contributed by atoms with E-state index in [0.717, 1.165) is 45.3 Å². The summed E-state index contributed by atoms with van der Waals surface area (Å²) in [6.07, 6.45) is 0. The average Bonchev–Trinajstić information content (AvgIpc) is 3.15. The molecule has 0 N–H and O–H groups in total. The molecule has 6 rings (SSSR count). The van der Waals surface area contributed by atoms with E-state index in [9.17, 15) is 0 Å². The van der Waals surface area contributed by atoms with Gasteiger partial charge in [-0.2, -0.15) is 0 Å². The molecule has 6 aromatic carbocycles. The van der Waals surface area contributed by atoms with Crippen LogP contribution in [0.1, 0.15) is 110 Å². The molecule has 0 bridgehead atoms. The molecule has 0 saturated heterocycles. The lowest BCUT2D eigenvalue weighted by Gasteiger charge is -2.32. The molecule has 3 nitrogen and oxygen atoms in total. The smallest absolute Gasteiger partial charge is 0.210 e. The minimum Gasteiger partial charge on any atom is -0.320 e. The molecule has 56 heavy (non-hydrogen) atoms. The van der Waals surface area contributed by atoms with Gasteiger partial charge in [0.1, 0.15) is 0 Å². The standard InChI is InChI=1S/C53H59N3/c1-37-33-46(55(43-26-19-38(20-27-43)50(2,3)4)44-28-21-39(22-29-44)51(5,6)7)36-47(34-37)56(45-30-23-40(24-31-45)52(8,9)10)49-32-25-42(35-48(49)54-13)53(11,12)41-17-15-14-16-18-41/h14-36H,1-12H3. The van der Waals surface area contributed by atoms with Crippen molar-refractivity contribution in [3.63, 3.8) is 0 Å². The lowest BCUT2D eigenvalue weighted by Crippen LogP contribution is -2.19. The Hall–Kier alpha value is -5.59. The Kier molecular flexibility index (Phi) is 10.8. The summed E-state index contributed by atoms with van der Waals surface area (Å²) in [4.78, 5) is 8.82. The molecule has 6 aromatic rings. The predicted octanol–water partition coefficient (Wildman–Crippen LogP) is 15.7. The van der Waals surface area contributed by atoms with Gasteiger partial charge in [-0.05, 0) is 117 Å². The van der Waals surface area contributed by atoms with Gasteiger partial charge in [-0.3, -0.25) is 0 Å². The molecule has 0 radical (unpaired) electrons. The summed E-state index contributed by atoms with van der Waals surface area (Å²) in [5, 5.41) is 0. The highest BCUT2D eigenvalue weighted by atomic mass is 15.2. The van der Waals surface area contributed by atoms with Crippen LogP contribution in [-0.2, 0) is 21.7 Å². The van der Waals surface area contributed by atoms with Crippen LogP contribution in [0.2, 0.25) is 0 Å². The Labute approximate surface area is 337 Å². The molecule has 0 aliphatic rings. The topological polar surface area (TPSA) is 10.8 Å². The van der Waals surface area contributed by atoms with Crippen LogP contribution in [0.3, 0.4) is 0 Å². The van der Waals surface area contributed by atoms with Crippen molar-refractivity contribution in [2.45, 2.75) is 105 Å². The molecule has 0 atom stereocenters. The van der Waals surface area contributed by atoms with Gasteiger partial charge in [0.25, 0.3) is 0 Å². The summed E-state index contributed by atoms with van der Waals surface area (Å²) in [6, 6.07) is 50.6. The molecule has 0 spiro atoms. The van der Waals surface area contributed by atoms with E-state index in [1.54, 1.807) is 0 Å². The maximum Gasteiger partial charge on any atom is 0.210 e. The molecule has 0 unspecified atom stereocenters. The van der Waals surface area contributed by atoms with Crippen LogP contribution >= 0.6 is 0 Å². The third-order valence-electron chi connectivity index (χ3n) is 11.1. The number of anilines is 6. The van der Waals surface area contributed by atoms with Gasteiger partial charge < -0.3 is 9.80 Å². The van der Waals surface area contributed by atoms with E-state index in [-0.39, 0.29) is 21.7 Å². The van der Waals surface area contributed by atoms with Gasteiger partial charge in [-0.1, -0.05) is 155 Å². The minimum absolute atomic E-state index is 0.0117. The normalized spacial score (nSPS) is 12.3. The number of hydrogen-bond acceptors (Lipinski definition) is 2. The van der Waals surface area contributed by atoms with Crippen molar-refractivity contribution in [3.8, 4) is 0 Å². The van der Waals surface area contributed by atoms with E-state index in [1.807, 2.05) is 0 Å². The monoisotopic (exact) mass is 737 g/mol. The van der Waals surface area contributed by atoms with E-state index < -0.39 is 0 Å². The zero-order chi connectivity index (χ0) is 40.6. The van der Waals surface area contributed by atoms with Gasteiger partial charge in [0.05, 0.1) is 12.3 Å². The molecule has 0 heterocycles. The second-order valence-electron chi connectivity index (χ2n) is 18.9. The number of hydrogen-bond donors (Lipinski definition) is 0. The molecule has 0 aromatic heterocycles. The number of aryl methyl sites for hydroxylation is 1. The van der Waals surface area contributed by atoms with Gasteiger partial charge in [-0.25, -0.2) is 4.85 Å². The molecule has 0 aliphatic heterocycles. The first kappa shape index (κ1) is 40.1.